The summed E-state index contributed by atoms with van der Waals surface area (Å²) < 4.78 is 16.8. The number of imidazole rings is 1. The third kappa shape index (κ3) is 2.92. The van der Waals surface area contributed by atoms with Gasteiger partial charge in [-0.1, -0.05) is 52.3 Å². The molecule has 0 saturated carbocycles. The molecule has 0 unspecified atom stereocenters. The number of aromatic nitrogens is 2. The molecule has 3 aromatic carbocycles. The van der Waals surface area contributed by atoms with Crippen molar-refractivity contribution in [3.05, 3.63) is 94.2 Å². The van der Waals surface area contributed by atoms with Crippen molar-refractivity contribution in [3.8, 4) is 0 Å². The molecule has 134 valence electrons. The van der Waals surface area contributed by atoms with Crippen molar-refractivity contribution in [1.82, 2.24) is 9.55 Å². The number of anilines is 1. The Balaban J connectivity index is 1.65. The van der Waals surface area contributed by atoms with E-state index in [9.17, 15) is 4.39 Å². The monoisotopic (exact) mass is 421 g/mol. The van der Waals surface area contributed by atoms with Crippen molar-refractivity contribution in [2.75, 3.05) is 5.32 Å². The standard InChI is InChI=1S/C22H17BrFN3/c23-16-9-5-14(6-10-16)19-13-21(15-7-11-17(24)12-8-15)27-20-4-2-1-3-18(20)25-22(27)26-19/h1-12,19,21H,13H2,(H,25,26)/t19-,21+/m1/s1. The molecule has 1 aliphatic heterocycles. The molecule has 27 heavy (non-hydrogen) atoms. The molecule has 2 atom stereocenters. The Bertz CT molecular complexity index is 1100. The summed E-state index contributed by atoms with van der Waals surface area (Å²) in [4.78, 5) is 4.81. The number of benzene rings is 3. The van der Waals surface area contributed by atoms with Crippen molar-refractivity contribution in [1.29, 1.82) is 0 Å². The minimum atomic E-state index is -0.215. The van der Waals surface area contributed by atoms with Crippen LogP contribution in [-0.2, 0) is 0 Å². The van der Waals surface area contributed by atoms with Gasteiger partial charge in [0.05, 0.1) is 23.1 Å². The van der Waals surface area contributed by atoms with Crippen LogP contribution >= 0.6 is 15.9 Å². The van der Waals surface area contributed by atoms with Gasteiger partial charge in [0.1, 0.15) is 5.82 Å². The van der Waals surface area contributed by atoms with Crippen LogP contribution in [0.25, 0.3) is 11.0 Å². The third-order valence-electron chi connectivity index (χ3n) is 5.20. The number of hydrogen-bond donors (Lipinski definition) is 1. The average molecular weight is 422 g/mol. The Kier molecular flexibility index (Phi) is 3.97. The van der Waals surface area contributed by atoms with E-state index in [1.54, 1.807) is 0 Å². The molecule has 1 aliphatic rings. The fourth-order valence-electron chi connectivity index (χ4n) is 3.89. The van der Waals surface area contributed by atoms with Crippen molar-refractivity contribution in [2.24, 2.45) is 0 Å². The average Bonchev–Trinajstić information content (AvgIpc) is 3.07. The van der Waals surface area contributed by atoms with E-state index in [-0.39, 0.29) is 17.9 Å². The molecule has 0 fully saturated rings. The molecule has 3 nitrogen and oxygen atoms in total. The molecule has 1 N–H and O–H groups in total. The van der Waals surface area contributed by atoms with Gasteiger partial charge in [-0.15, -0.1) is 0 Å². The third-order valence-corrected chi connectivity index (χ3v) is 5.73. The van der Waals surface area contributed by atoms with Crippen LogP contribution in [0.5, 0.6) is 0 Å². The zero-order valence-electron chi connectivity index (χ0n) is 14.4. The van der Waals surface area contributed by atoms with Crippen LogP contribution in [0.2, 0.25) is 0 Å². The molecule has 0 bridgehead atoms. The minimum absolute atomic E-state index is 0.0860. The first kappa shape index (κ1) is 16.5. The Hall–Kier alpha value is -2.66. The van der Waals surface area contributed by atoms with Crippen LogP contribution in [0.1, 0.15) is 29.6 Å². The predicted octanol–water partition coefficient (Wildman–Crippen LogP) is 6.08. The normalized spacial score (nSPS) is 18.9. The summed E-state index contributed by atoms with van der Waals surface area (Å²) in [6.45, 7) is 0. The molecular weight excluding hydrogens is 405 g/mol. The molecule has 0 aliphatic carbocycles. The van der Waals surface area contributed by atoms with Crippen LogP contribution in [0.15, 0.2) is 77.3 Å². The maximum Gasteiger partial charge on any atom is 0.204 e. The van der Waals surface area contributed by atoms with Crippen LogP contribution in [0, 0.1) is 5.82 Å². The van der Waals surface area contributed by atoms with E-state index in [0.717, 1.165) is 33.4 Å². The first-order chi connectivity index (χ1) is 13.2. The van der Waals surface area contributed by atoms with E-state index in [0.29, 0.717) is 0 Å². The fourth-order valence-corrected chi connectivity index (χ4v) is 4.15. The summed E-state index contributed by atoms with van der Waals surface area (Å²) in [5.74, 6) is 0.637. The molecule has 0 saturated heterocycles. The summed E-state index contributed by atoms with van der Waals surface area (Å²) in [7, 11) is 0. The number of rotatable bonds is 2. The summed E-state index contributed by atoms with van der Waals surface area (Å²) in [5, 5.41) is 3.60. The zero-order valence-corrected chi connectivity index (χ0v) is 16.0. The number of hydrogen-bond acceptors (Lipinski definition) is 2. The summed E-state index contributed by atoms with van der Waals surface area (Å²) in [5.41, 5.74) is 4.35. The highest BCUT2D eigenvalue weighted by atomic mass is 79.9. The van der Waals surface area contributed by atoms with E-state index < -0.39 is 0 Å². The lowest BCUT2D eigenvalue weighted by Crippen LogP contribution is -2.27. The molecule has 4 aromatic rings. The second-order valence-electron chi connectivity index (χ2n) is 6.85. The maximum absolute atomic E-state index is 13.5. The van der Waals surface area contributed by atoms with E-state index in [2.05, 4.69) is 56.1 Å². The van der Waals surface area contributed by atoms with E-state index in [1.807, 2.05) is 30.3 Å². The van der Waals surface area contributed by atoms with Gasteiger partial charge in [-0.3, -0.25) is 0 Å². The second-order valence-corrected chi connectivity index (χ2v) is 7.76. The van der Waals surface area contributed by atoms with E-state index >= 15 is 0 Å². The lowest BCUT2D eigenvalue weighted by molar-refractivity contribution is 0.476. The van der Waals surface area contributed by atoms with Gasteiger partial charge in [0.25, 0.3) is 0 Å². The quantitative estimate of drug-likeness (QED) is 0.424. The second kappa shape index (κ2) is 6.50. The first-order valence-electron chi connectivity index (χ1n) is 8.93. The van der Waals surface area contributed by atoms with Gasteiger partial charge < -0.3 is 9.88 Å². The lowest BCUT2D eigenvalue weighted by atomic mass is 9.93. The Morgan fingerprint density at radius 3 is 2.41 bits per heavy atom. The summed E-state index contributed by atoms with van der Waals surface area (Å²) in [6, 6.07) is 23.6. The van der Waals surface area contributed by atoms with Gasteiger partial charge in [-0.05, 0) is 53.9 Å². The van der Waals surface area contributed by atoms with Gasteiger partial charge in [0.2, 0.25) is 5.95 Å². The van der Waals surface area contributed by atoms with Gasteiger partial charge in [0, 0.05) is 4.47 Å². The molecule has 1 aromatic heterocycles. The fraction of sp³-hybridized carbons (Fsp3) is 0.136. The smallest absolute Gasteiger partial charge is 0.204 e. The molecular formula is C22H17BrFN3. The SMILES string of the molecule is Fc1ccc([C@@H]2C[C@H](c3ccc(Br)cc3)Nc3nc4ccccc4n32)cc1. The van der Waals surface area contributed by atoms with Gasteiger partial charge in [-0.2, -0.15) is 0 Å². The molecule has 0 spiro atoms. The number of para-hydroxylation sites is 2. The number of fused-ring (bicyclic) bond motifs is 3. The lowest BCUT2D eigenvalue weighted by Gasteiger charge is -2.33. The highest BCUT2D eigenvalue weighted by molar-refractivity contribution is 9.10. The maximum atomic E-state index is 13.5. The molecule has 0 amide bonds. The molecule has 5 heteroatoms. The van der Waals surface area contributed by atoms with E-state index in [4.69, 9.17) is 4.98 Å². The highest BCUT2D eigenvalue weighted by Gasteiger charge is 2.30. The number of halogens is 2. The Morgan fingerprint density at radius 2 is 1.63 bits per heavy atom. The van der Waals surface area contributed by atoms with Crippen molar-refractivity contribution < 1.29 is 4.39 Å². The highest BCUT2D eigenvalue weighted by Crippen LogP contribution is 2.41. The molecule has 5 rings (SSSR count). The number of nitrogens with one attached hydrogen (secondary N) is 1. The summed E-state index contributed by atoms with van der Waals surface area (Å²) >= 11 is 3.50. The molecule has 2 heterocycles. The van der Waals surface area contributed by atoms with Crippen LogP contribution < -0.4 is 5.32 Å². The van der Waals surface area contributed by atoms with Gasteiger partial charge >= 0.3 is 0 Å². The Morgan fingerprint density at radius 1 is 0.926 bits per heavy atom. The first-order valence-corrected chi connectivity index (χ1v) is 9.73. The van der Waals surface area contributed by atoms with Crippen LogP contribution in [-0.4, -0.2) is 9.55 Å². The van der Waals surface area contributed by atoms with Crippen LogP contribution in [0.3, 0.4) is 0 Å². The predicted molar refractivity (Wildman–Crippen MR) is 109 cm³/mol. The minimum Gasteiger partial charge on any atom is -0.349 e. The van der Waals surface area contributed by atoms with Crippen molar-refractivity contribution in [2.45, 2.75) is 18.5 Å². The van der Waals surface area contributed by atoms with Gasteiger partial charge in [-0.25, -0.2) is 9.37 Å². The van der Waals surface area contributed by atoms with Crippen molar-refractivity contribution >= 4 is 32.9 Å². The molecule has 0 radical (unpaired) electrons. The Labute approximate surface area is 165 Å². The largest absolute Gasteiger partial charge is 0.349 e. The topological polar surface area (TPSA) is 29.9 Å². The van der Waals surface area contributed by atoms with E-state index in [1.165, 1.54) is 17.7 Å². The van der Waals surface area contributed by atoms with Crippen LogP contribution in [0.4, 0.5) is 10.3 Å². The number of nitrogens with zero attached hydrogens (tertiary/aromatic N) is 2. The van der Waals surface area contributed by atoms with Crippen molar-refractivity contribution in [3.63, 3.8) is 0 Å². The summed E-state index contributed by atoms with van der Waals surface area (Å²) in [6.07, 6.45) is 0.862. The zero-order chi connectivity index (χ0) is 18.4. The van der Waals surface area contributed by atoms with Gasteiger partial charge in [0.15, 0.2) is 0 Å².